The number of ether oxygens (including phenoxy) is 1. The molecule has 1 aliphatic rings. The molecule has 1 saturated heterocycles. The maximum Gasteiger partial charge on any atom is 0.417 e. The van der Waals surface area contributed by atoms with E-state index in [9.17, 15) is 14.7 Å². The predicted molar refractivity (Wildman–Crippen MR) is 128 cm³/mol. The van der Waals surface area contributed by atoms with E-state index in [4.69, 9.17) is 9.15 Å². The highest BCUT2D eigenvalue weighted by Crippen LogP contribution is 2.27. The van der Waals surface area contributed by atoms with Gasteiger partial charge >= 0.3 is 5.76 Å². The standard InChI is InChI=1S/C24H27N7O5/c1-30(23(33)10-15-5-6-21-19(9-15)25-24(34)36-21)20(13-31-8-7-17(32)12-31)16-3-2-4-18(11-16)35-14-22-26-28-29-27-22/h2-6,9,11,17,20,32H,7-8,10,12-14H2,1H3,(H,25,34)(H,26,27,28,29)/t17-,20?/m0/s1. The van der Waals surface area contributed by atoms with Crippen LogP contribution in [0.4, 0.5) is 0 Å². The molecule has 3 heterocycles. The molecule has 0 aliphatic carbocycles. The monoisotopic (exact) mass is 493 g/mol. The molecule has 2 atom stereocenters. The van der Waals surface area contributed by atoms with Crippen LogP contribution in [0.3, 0.4) is 0 Å². The minimum absolute atomic E-state index is 0.0805. The van der Waals surface area contributed by atoms with Gasteiger partial charge in [0.1, 0.15) is 5.75 Å². The van der Waals surface area contributed by atoms with Gasteiger partial charge in [0.25, 0.3) is 0 Å². The number of hydrogen-bond donors (Lipinski definition) is 3. The first kappa shape index (κ1) is 23.7. The lowest BCUT2D eigenvalue weighted by molar-refractivity contribution is -0.131. The van der Waals surface area contributed by atoms with E-state index < -0.39 is 5.76 Å². The second kappa shape index (κ2) is 10.3. The zero-order valence-corrected chi connectivity index (χ0v) is 19.8. The number of benzene rings is 2. The molecular weight excluding hydrogens is 466 g/mol. The topological polar surface area (TPSA) is 153 Å². The summed E-state index contributed by atoms with van der Waals surface area (Å²) < 4.78 is 10.9. The van der Waals surface area contributed by atoms with Gasteiger partial charge in [-0.15, -0.1) is 10.2 Å². The van der Waals surface area contributed by atoms with Gasteiger partial charge < -0.3 is 19.2 Å². The van der Waals surface area contributed by atoms with Crippen LogP contribution in [0.25, 0.3) is 11.1 Å². The van der Waals surface area contributed by atoms with Gasteiger partial charge in [0.15, 0.2) is 12.2 Å². The maximum absolute atomic E-state index is 13.4. The molecule has 3 N–H and O–H groups in total. The normalized spacial score (nSPS) is 16.9. The number of rotatable bonds is 9. The number of likely N-dealkylation sites (N-methyl/N-ethyl adjacent to an activating group) is 1. The van der Waals surface area contributed by atoms with Crippen LogP contribution in [0.15, 0.2) is 51.7 Å². The number of nitrogens with one attached hydrogen (secondary N) is 2. The Hall–Kier alpha value is -4.03. The third-order valence-electron chi connectivity index (χ3n) is 6.38. The van der Waals surface area contributed by atoms with Crippen molar-refractivity contribution in [2.75, 3.05) is 26.7 Å². The Morgan fingerprint density at radius 1 is 1.33 bits per heavy atom. The number of tetrazole rings is 1. The Morgan fingerprint density at radius 3 is 3.00 bits per heavy atom. The Labute approximate surface area is 205 Å². The summed E-state index contributed by atoms with van der Waals surface area (Å²) in [5, 5.41) is 23.7. The molecule has 0 bridgehead atoms. The third kappa shape index (κ3) is 5.44. The van der Waals surface area contributed by atoms with Crippen molar-refractivity contribution in [1.82, 2.24) is 35.4 Å². The van der Waals surface area contributed by atoms with Crippen LogP contribution >= 0.6 is 0 Å². The summed E-state index contributed by atoms with van der Waals surface area (Å²) in [6, 6.07) is 12.5. The Balaban J connectivity index is 1.35. The number of amides is 1. The fourth-order valence-electron chi connectivity index (χ4n) is 4.46. The van der Waals surface area contributed by atoms with Crippen LogP contribution in [-0.2, 0) is 17.8 Å². The molecule has 0 radical (unpaired) electrons. The van der Waals surface area contributed by atoms with Gasteiger partial charge in [-0.1, -0.05) is 23.4 Å². The van der Waals surface area contributed by atoms with E-state index in [0.29, 0.717) is 42.2 Å². The average Bonchev–Trinajstić information content (AvgIpc) is 3.61. The number of β-amino-alcohol motifs (C(OH)–C–C–N with tert-alkyl or cyclic N) is 1. The van der Waals surface area contributed by atoms with E-state index in [1.165, 1.54) is 0 Å². The van der Waals surface area contributed by atoms with E-state index in [-0.39, 0.29) is 31.1 Å². The molecule has 0 spiro atoms. The van der Waals surface area contributed by atoms with E-state index in [0.717, 1.165) is 17.7 Å². The second-order valence-electron chi connectivity index (χ2n) is 8.93. The summed E-state index contributed by atoms with van der Waals surface area (Å²) in [6.07, 6.45) is 0.508. The van der Waals surface area contributed by atoms with Gasteiger partial charge in [-0.3, -0.25) is 14.7 Å². The molecule has 1 aliphatic heterocycles. The summed E-state index contributed by atoms with van der Waals surface area (Å²) >= 11 is 0. The van der Waals surface area contributed by atoms with Crippen LogP contribution in [0.1, 0.15) is 29.4 Å². The quantitative estimate of drug-likeness (QED) is 0.310. The molecule has 188 valence electrons. The third-order valence-corrected chi connectivity index (χ3v) is 6.38. The molecular formula is C24H27N7O5. The lowest BCUT2D eigenvalue weighted by Gasteiger charge is -2.32. The van der Waals surface area contributed by atoms with Crippen molar-refractivity contribution in [1.29, 1.82) is 0 Å². The molecule has 12 nitrogen and oxygen atoms in total. The van der Waals surface area contributed by atoms with E-state index in [1.54, 1.807) is 30.1 Å². The first-order valence-corrected chi connectivity index (χ1v) is 11.7. The van der Waals surface area contributed by atoms with Gasteiger partial charge in [0, 0.05) is 26.7 Å². The average molecular weight is 494 g/mol. The van der Waals surface area contributed by atoms with Crippen LogP contribution in [-0.4, -0.2) is 79.2 Å². The van der Waals surface area contributed by atoms with Crippen molar-refractivity contribution in [3.63, 3.8) is 0 Å². The molecule has 2 aromatic carbocycles. The summed E-state index contributed by atoms with van der Waals surface area (Å²) in [5.41, 5.74) is 2.69. The van der Waals surface area contributed by atoms with Crippen molar-refractivity contribution in [2.24, 2.45) is 0 Å². The van der Waals surface area contributed by atoms with Crippen molar-refractivity contribution in [3.05, 3.63) is 70.0 Å². The van der Waals surface area contributed by atoms with Gasteiger partial charge in [0.2, 0.25) is 11.7 Å². The highest BCUT2D eigenvalue weighted by Gasteiger charge is 2.28. The fraction of sp³-hybridized carbons (Fsp3) is 0.375. The number of carbonyl (C=O) groups is 1. The van der Waals surface area contributed by atoms with Crippen molar-refractivity contribution in [3.8, 4) is 5.75 Å². The van der Waals surface area contributed by atoms with Crippen LogP contribution in [0.5, 0.6) is 5.75 Å². The number of aliphatic hydroxyl groups excluding tert-OH is 1. The van der Waals surface area contributed by atoms with E-state index in [2.05, 4.69) is 30.5 Å². The zero-order valence-electron chi connectivity index (χ0n) is 19.8. The lowest BCUT2D eigenvalue weighted by atomic mass is 10.0. The lowest BCUT2D eigenvalue weighted by Crippen LogP contribution is -2.39. The second-order valence-corrected chi connectivity index (χ2v) is 8.93. The number of aliphatic hydroxyl groups is 1. The van der Waals surface area contributed by atoms with Crippen molar-refractivity contribution in [2.45, 2.75) is 31.6 Å². The molecule has 12 heteroatoms. The fourth-order valence-corrected chi connectivity index (χ4v) is 4.46. The number of H-pyrrole nitrogens is 2. The molecule has 4 aromatic rings. The SMILES string of the molecule is CN(C(=O)Cc1ccc2oc(=O)[nH]c2c1)C(CN1CC[C@H](O)C1)c1cccc(OCc2nn[nH]n2)c1. The molecule has 5 rings (SSSR count). The van der Waals surface area contributed by atoms with Gasteiger partial charge in [0.05, 0.1) is 24.1 Å². The van der Waals surface area contributed by atoms with Crippen LogP contribution in [0, 0.1) is 0 Å². The zero-order chi connectivity index (χ0) is 25.1. The summed E-state index contributed by atoms with van der Waals surface area (Å²) in [7, 11) is 1.78. The minimum Gasteiger partial charge on any atom is -0.485 e. The molecule has 0 saturated carbocycles. The number of aromatic amines is 2. The largest absolute Gasteiger partial charge is 0.485 e. The first-order chi connectivity index (χ1) is 17.4. The van der Waals surface area contributed by atoms with Crippen LogP contribution < -0.4 is 10.5 Å². The van der Waals surface area contributed by atoms with Crippen molar-refractivity contribution >= 4 is 17.0 Å². The molecule has 1 fully saturated rings. The number of likely N-dealkylation sites (tertiary alicyclic amines) is 1. The Bertz CT molecular complexity index is 1380. The van der Waals surface area contributed by atoms with Crippen LogP contribution in [0.2, 0.25) is 0 Å². The molecule has 36 heavy (non-hydrogen) atoms. The maximum atomic E-state index is 13.4. The van der Waals surface area contributed by atoms with Crippen molar-refractivity contribution < 1.29 is 19.1 Å². The first-order valence-electron chi connectivity index (χ1n) is 11.7. The molecule has 1 amide bonds. The number of fused-ring (bicyclic) bond motifs is 1. The minimum atomic E-state index is -0.528. The van der Waals surface area contributed by atoms with Gasteiger partial charge in [-0.25, -0.2) is 4.79 Å². The number of oxazole rings is 1. The predicted octanol–water partition coefficient (Wildman–Crippen LogP) is 1.02. The highest BCUT2D eigenvalue weighted by molar-refractivity contribution is 5.81. The number of nitrogens with zero attached hydrogens (tertiary/aromatic N) is 5. The van der Waals surface area contributed by atoms with Gasteiger partial charge in [-0.2, -0.15) is 5.21 Å². The highest BCUT2D eigenvalue weighted by atomic mass is 16.5. The smallest absolute Gasteiger partial charge is 0.417 e. The summed E-state index contributed by atoms with van der Waals surface area (Å²) in [6.45, 7) is 2.06. The summed E-state index contributed by atoms with van der Waals surface area (Å²) in [4.78, 5) is 31.4. The summed E-state index contributed by atoms with van der Waals surface area (Å²) in [5.74, 6) is 0.452. The van der Waals surface area contributed by atoms with E-state index in [1.807, 2.05) is 24.3 Å². The van der Waals surface area contributed by atoms with Gasteiger partial charge in [-0.05, 0) is 41.8 Å². The number of aromatic nitrogens is 5. The molecule has 1 unspecified atom stereocenters. The number of hydrogen-bond acceptors (Lipinski definition) is 9. The van der Waals surface area contributed by atoms with E-state index >= 15 is 0 Å². The Kier molecular flexibility index (Phi) is 6.78. The number of carbonyl (C=O) groups excluding carboxylic acids is 1. The molecule has 2 aromatic heterocycles. The Morgan fingerprint density at radius 2 is 2.22 bits per heavy atom.